The van der Waals surface area contributed by atoms with Gasteiger partial charge in [-0.15, -0.1) is 0 Å². The summed E-state index contributed by atoms with van der Waals surface area (Å²) in [6, 6.07) is 7.08. The summed E-state index contributed by atoms with van der Waals surface area (Å²) in [5, 5.41) is 8.96. The molecule has 2 aliphatic rings. The van der Waals surface area contributed by atoms with E-state index in [1.165, 1.54) is 19.2 Å². The summed E-state index contributed by atoms with van der Waals surface area (Å²) in [5.74, 6) is -2.96. The summed E-state index contributed by atoms with van der Waals surface area (Å²) in [6.45, 7) is 0. The van der Waals surface area contributed by atoms with Gasteiger partial charge in [-0.05, 0) is 31.4 Å². The molecule has 2 fully saturated rings. The molecule has 2 aliphatic heterocycles. The molecule has 1 aromatic carbocycles. The van der Waals surface area contributed by atoms with Crippen molar-refractivity contribution < 1.29 is 38.2 Å². The Balaban J connectivity index is 1.83. The largest absolute Gasteiger partial charge is 0.481 e. The number of carboxylic acids is 1. The van der Waals surface area contributed by atoms with E-state index in [4.69, 9.17) is 14.4 Å². The molecule has 2 bridgehead atoms. The third-order valence-corrected chi connectivity index (χ3v) is 7.05. The van der Waals surface area contributed by atoms with Gasteiger partial charge in [-0.1, -0.05) is 18.2 Å². The number of ether oxygens (including phenoxy) is 1. The van der Waals surface area contributed by atoms with E-state index in [0.29, 0.717) is 12.8 Å². The molecule has 1 unspecified atom stereocenters. The van der Waals surface area contributed by atoms with Crippen LogP contribution < -0.4 is 5.30 Å². The number of carbonyl (C=O) groups is 3. The number of rotatable bonds is 7. The lowest BCUT2D eigenvalue weighted by atomic mass is 9.87. The monoisotopic (exact) mass is 425 g/mol. The maximum absolute atomic E-state index is 12.8. The van der Waals surface area contributed by atoms with Crippen LogP contribution in [0.3, 0.4) is 0 Å². The average Bonchev–Trinajstić information content (AvgIpc) is 3.00. The van der Waals surface area contributed by atoms with Gasteiger partial charge in [-0.25, -0.2) is 0 Å². The van der Waals surface area contributed by atoms with Crippen LogP contribution in [-0.2, 0) is 28.2 Å². The van der Waals surface area contributed by atoms with Crippen LogP contribution >= 0.6 is 7.60 Å². The van der Waals surface area contributed by atoms with Crippen molar-refractivity contribution in [3.05, 3.63) is 30.3 Å². The Morgan fingerprint density at radius 2 is 1.86 bits per heavy atom. The van der Waals surface area contributed by atoms with Crippen LogP contribution in [0, 0.1) is 5.92 Å². The highest BCUT2D eigenvalue weighted by Gasteiger charge is 2.54. The lowest BCUT2D eigenvalue weighted by molar-refractivity contribution is -0.159. The molecule has 0 aromatic heterocycles. The minimum atomic E-state index is -4.18. The van der Waals surface area contributed by atoms with Gasteiger partial charge in [0.1, 0.15) is 5.92 Å². The van der Waals surface area contributed by atoms with Crippen molar-refractivity contribution in [2.24, 2.45) is 5.92 Å². The molecular weight excluding hydrogens is 401 g/mol. The zero-order valence-electron chi connectivity index (χ0n) is 16.0. The summed E-state index contributed by atoms with van der Waals surface area (Å²) in [4.78, 5) is 47.9. The molecule has 1 aromatic rings. The number of hydrogen-bond acceptors (Lipinski definition) is 6. The fraction of sp³-hybridized carbons (Fsp3) is 0.526. The molecule has 3 rings (SSSR count). The van der Waals surface area contributed by atoms with Crippen LogP contribution in [0.4, 0.5) is 0 Å². The van der Waals surface area contributed by atoms with Crippen LogP contribution in [0.1, 0.15) is 32.1 Å². The summed E-state index contributed by atoms with van der Waals surface area (Å²) in [7, 11) is -2.97. The number of esters is 1. The average molecular weight is 425 g/mol. The van der Waals surface area contributed by atoms with Gasteiger partial charge in [0.2, 0.25) is 5.91 Å². The van der Waals surface area contributed by atoms with Crippen molar-refractivity contribution in [1.29, 1.82) is 0 Å². The Kier molecular flexibility index (Phi) is 6.41. The van der Waals surface area contributed by atoms with Gasteiger partial charge >= 0.3 is 19.5 Å². The number of methoxy groups -OCH3 is 1. The van der Waals surface area contributed by atoms with E-state index in [-0.39, 0.29) is 36.5 Å². The molecule has 5 atom stereocenters. The third-order valence-electron chi connectivity index (χ3n) is 5.54. The molecular formula is C19H24NO8P. The van der Waals surface area contributed by atoms with Gasteiger partial charge in [0.15, 0.2) is 0 Å². The van der Waals surface area contributed by atoms with Crippen LogP contribution in [0.15, 0.2) is 30.3 Å². The Morgan fingerprint density at radius 3 is 2.48 bits per heavy atom. The van der Waals surface area contributed by atoms with E-state index in [1.807, 2.05) is 0 Å². The van der Waals surface area contributed by atoms with E-state index >= 15 is 0 Å². The molecule has 0 spiro atoms. The fourth-order valence-electron chi connectivity index (χ4n) is 4.30. The second-order valence-corrected chi connectivity index (χ2v) is 9.05. The maximum atomic E-state index is 12.8. The molecule has 2 saturated heterocycles. The highest BCUT2D eigenvalue weighted by atomic mass is 31.2. The van der Waals surface area contributed by atoms with Crippen molar-refractivity contribution in [1.82, 2.24) is 4.90 Å². The molecule has 2 heterocycles. The molecule has 9 nitrogen and oxygen atoms in total. The van der Waals surface area contributed by atoms with Crippen molar-refractivity contribution in [3.8, 4) is 0 Å². The molecule has 1 amide bonds. The number of carbonyl (C=O) groups excluding carboxylic acids is 2. The number of amides is 1. The molecule has 0 saturated carbocycles. The van der Waals surface area contributed by atoms with Gasteiger partial charge in [0, 0.05) is 18.5 Å². The summed E-state index contributed by atoms with van der Waals surface area (Å²) < 4.78 is 23.3. The lowest BCUT2D eigenvalue weighted by Crippen LogP contribution is -2.56. The quantitative estimate of drug-likeness (QED) is 0.494. The Labute approximate surface area is 168 Å². The molecule has 0 radical (unpaired) electrons. The van der Waals surface area contributed by atoms with Gasteiger partial charge in [-0.3, -0.25) is 18.9 Å². The maximum Gasteiger partial charge on any atom is 0.359 e. The van der Waals surface area contributed by atoms with Crippen LogP contribution in [0.25, 0.3) is 0 Å². The molecule has 2 N–H and O–H groups in total. The molecule has 158 valence electrons. The van der Waals surface area contributed by atoms with Crippen LogP contribution in [0.2, 0.25) is 0 Å². The number of nitrogens with zero attached hydrogens (tertiary/aromatic N) is 1. The Hall–Kier alpha value is -2.22. The summed E-state index contributed by atoms with van der Waals surface area (Å²) in [6.07, 6.45) is -0.0181. The second kappa shape index (κ2) is 8.65. The Bertz CT molecular complexity index is 829. The minimum absolute atomic E-state index is 0.121. The van der Waals surface area contributed by atoms with E-state index < -0.39 is 37.6 Å². The standard InChI is InChI=1S/C19H24NO8P/c1-27-19(24)18-14-8-7-12(20(14)16(21)9-10-17(22)23)11-15(18)28-29(25,26)13-5-3-2-4-6-13/h2-6,12,14-15,18H,7-11H2,1H3,(H,22,23)(H,25,26)/t12-,14+,15-,18+/m0/s1. The first kappa shape index (κ1) is 21.5. The number of aliphatic carboxylic acids is 1. The zero-order valence-corrected chi connectivity index (χ0v) is 16.9. The first-order valence-electron chi connectivity index (χ1n) is 9.42. The van der Waals surface area contributed by atoms with Crippen molar-refractivity contribution in [3.63, 3.8) is 0 Å². The fourth-order valence-corrected chi connectivity index (χ4v) is 5.56. The lowest BCUT2D eigenvalue weighted by Gasteiger charge is -2.43. The van der Waals surface area contributed by atoms with Crippen LogP contribution in [0.5, 0.6) is 0 Å². The van der Waals surface area contributed by atoms with E-state index in [0.717, 1.165) is 0 Å². The van der Waals surface area contributed by atoms with E-state index in [1.54, 1.807) is 23.1 Å². The van der Waals surface area contributed by atoms with Gasteiger partial charge < -0.3 is 24.2 Å². The first-order valence-corrected chi connectivity index (χ1v) is 11.0. The second-order valence-electron chi connectivity index (χ2n) is 7.28. The van der Waals surface area contributed by atoms with Gasteiger partial charge in [0.05, 0.1) is 24.9 Å². The number of benzene rings is 1. The molecule has 0 aliphatic carbocycles. The normalized spacial score (nSPS) is 27.9. The highest BCUT2D eigenvalue weighted by Crippen LogP contribution is 2.49. The smallest absolute Gasteiger partial charge is 0.359 e. The van der Waals surface area contributed by atoms with Gasteiger partial charge in [-0.2, -0.15) is 0 Å². The highest BCUT2D eigenvalue weighted by molar-refractivity contribution is 7.61. The number of carboxylic acid groups (broad SMARTS) is 1. The Morgan fingerprint density at radius 1 is 1.17 bits per heavy atom. The van der Waals surface area contributed by atoms with E-state index in [9.17, 15) is 23.8 Å². The molecule has 10 heteroatoms. The minimum Gasteiger partial charge on any atom is -0.481 e. The topological polar surface area (TPSA) is 130 Å². The summed E-state index contributed by atoms with van der Waals surface area (Å²) in [5.41, 5.74) is 0. The zero-order chi connectivity index (χ0) is 21.2. The van der Waals surface area contributed by atoms with Crippen molar-refractivity contribution in [2.75, 3.05) is 7.11 Å². The van der Waals surface area contributed by atoms with Crippen molar-refractivity contribution >= 4 is 30.7 Å². The number of fused-ring (bicyclic) bond motifs is 2. The molecule has 29 heavy (non-hydrogen) atoms. The van der Waals surface area contributed by atoms with Crippen LogP contribution in [-0.4, -0.2) is 58.0 Å². The summed E-state index contributed by atoms with van der Waals surface area (Å²) >= 11 is 0. The predicted molar refractivity (Wildman–Crippen MR) is 101 cm³/mol. The van der Waals surface area contributed by atoms with E-state index in [2.05, 4.69) is 0 Å². The first-order chi connectivity index (χ1) is 13.7. The SMILES string of the molecule is COC(=O)[C@H]1[C@@H](OP(=O)(O)c2ccccc2)C[C@@H]2CC[C@H]1N2C(=O)CCC(=O)O. The van der Waals surface area contributed by atoms with Crippen molar-refractivity contribution in [2.45, 2.75) is 50.3 Å². The number of hydrogen-bond donors (Lipinski definition) is 2. The third kappa shape index (κ3) is 4.52. The predicted octanol–water partition coefficient (Wildman–Crippen LogP) is 1.30. The van der Waals surface area contributed by atoms with Gasteiger partial charge in [0.25, 0.3) is 0 Å². The number of piperidine rings is 1.